The molecule has 21 heavy (non-hydrogen) atoms. The Bertz CT molecular complexity index is 673. The highest BCUT2D eigenvalue weighted by Gasteiger charge is 2.44. The summed E-state index contributed by atoms with van der Waals surface area (Å²) in [5, 5.41) is 0. The van der Waals surface area contributed by atoms with Gasteiger partial charge >= 0.3 is 0 Å². The van der Waals surface area contributed by atoms with E-state index >= 15 is 0 Å². The van der Waals surface area contributed by atoms with E-state index in [9.17, 15) is 18.0 Å². The molecule has 0 aliphatic heterocycles. The van der Waals surface area contributed by atoms with E-state index in [1.54, 1.807) is 30.3 Å². The van der Waals surface area contributed by atoms with Crippen molar-refractivity contribution < 1.29 is 18.0 Å². The molecule has 4 nitrogen and oxygen atoms in total. The van der Waals surface area contributed by atoms with Gasteiger partial charge in [0, 0.05) is 12.8 Å². The van der Waals surface area contributed by atoms with Gasteiger partial charge < -0.3 is 4.79 Å². The molecule has 0 unspecified atom stereocenters. The summed E-state index contributed by atoms with van der Waals surface area (Å²) in [5.41, 5.74) is 0. The molecule has 1 aliphatic rings. The molecule has 5 heteroatoms. The number of rotatable bonds is 5. The van der Waals surface area contributed by atoms with Gasteiger partial charge in [-0.15, -0.1) is 0 Å². The molecule has 2 rings (SSSR count). The summed E-state index contributed by atoms with van der Waals surface area (Å²) >= 11 is 0. The molecule has 0 spiro atoms. The van der Waals surface area contributed by atoms with E-state index in [4.69, 9.17) is 0 Å². The molecule has 1 aliphatic carbocycles. The maximum absolute atomic E-state index is 13.0. The fraction of sp³-hybridized carbons (Fsp3) is 0.375. The zero-order valence-electron chi connectivity index (χ0n) is 11.9. The molecular formula is C16H18O4S. The maximum atomic E-state index is 13.0. The Hall–Kier alpha value is -1.75. The molecule has 1 atom stereocenters. The number of Topliss-reactive ketones (excluding diaryl/α,β-unsaturated/α-hetero) is 1. The molecule has 0 bridgehead atoms. The van der Waals surface area contributed by atoms with Gasteiger partial charge in [0.05, 0.1) is 9.64 Å². The average molecular weight is 306 g/mol. The lowest BCUT2D eigenvalue weighted by Crippen LogP contribution is -2.39. The van der Waals surface area contributed by atoms with Gasteiger partial charge in [0.25, 0.3) is 0 Å². The van der Waals surface area contributed by atoms with Crippen molar-refractivity contribution in [1.82, 2.24) is 0 Å². The van der Waals surface area contributed by atoms with Crippen LogP contribution in [0.25, 0.3) is 0 Å². The summed E-state index contributed by atoms with van der Waals surface area (Å²) in [4.78, 5) is 22.9. The van der Waals surface area contributed by atoms with Crippen molar-refractivity contribution in [3.63, 3.8) is 0 Å². The second kappa shape index (κ2) is 5.93. The minimum absolute atomic E-state index is 0.0528. The van der Waals surface area contributed by atoms with E-state index in [2.05, 4.69) is 0 Å². The second-order valence-electron chi connectivity index (χ2n) is 5.38. The van der Waals surface area contributed by atoms with Crippen molar-refractivity contribution in [3.8, 4) is 0 Å². The van der Waals surface area contributed by atoms with Crippen LogP contribution in [0.3, 0.4) is 0 Å². The molecule has 0 saturated heterocycles. The Labute approximate surface area is 124 Å². The molecule has 0 N–H and O–H groups in total. The highest BCUT2D eigenvalue weighted by atomic mass is 32.2. The minimum atomic E-state index is -3.63. The van der Waals surface area contributed by atoms with E-state index in [0.717, 1.165) is 0 Å². The number of carbonyl (C=O) groups excluding carboxylic acids is 2. The topological polar surface area (TPSA) is 68.3 Å². The molecule has 0 radical (unpaired) electrons. The van der Waals surface area contributed by atoms with Crippen LogP contribution in [-0.4, -0.2) is 24.7 Å². The Morgan fingerprint density at radius 2 is 1.90 bits per heavy atom. The van der Waals surface area contributed by atoms with Crippen LogP contribution in [0.1, 0.15) is 32.6 Å². The Morgan fingerprint density at radius 3 is 2.43 bits per heavy atom. The van der Waals surface area contributed by atoms with Gasteiger partial charge in [-0.25, -0.2) is 8.42 Å². The lowest BCUT2D eigenvalue weighted by atomic mass is 9.89. The lowest BCUT2D eigenvalue weighted by molar-refractivity contribution is -0.117. The van der Waals surface area contributed by atoms with Crippen molar-refractivity contribution in [2.75, 3.05) is 0 Å². The van der Waals surface area contributed by atoms with Crippen LogP contribution in [0.4, 0.5) is 0 Å². The molecule has 1 aromatic rings. The van der Waals surface area contributed by atoms with E-state index in [1.807, 2.05) is 0 Å². The second-order valence-corrected chi connectivity index (χ2v) is 7.67. The summed E-state index contributed by atoms with van der Waals surface area (Å²) in [6, 6.07) is 8.19. The van der Waals surface area contributed by atoms with Gasteiger partial charge in [0.15, 0.2) is 15.6 Å². The van der Waals surface area contributed by atoms with Crippen LogP contribution in [0, 0.1) is 0 Å². The highest BCUT2D eigenvalue weighted by Crippen LogP contribution is 2.38. The van der Waals surface area contributed by atoms with Gasteiger partial charge in [0.1, 0.15) is 5.78 Å². The Morgan fingerprint density at radius 1 is 1.24 bits per heavy atom. The van der Waals surface area contributed by atoms with E-state index in [1.165, 1.54) is 19.1 Å². The predicted molar refractivity (Wildman–Crippen MR) is 79.7 cm³/mol. The van der Waals surface area contributed by atoms with Crippen LogP contribution in [0.2, 0.25) is 0 Å². The van der Waals surface area contributed by atoms with Crippen molar-refractivity contribution in [3.05, 3.63) is 42.5 Å². The standard InChI is InChI=1S/C16H18O4S/c1-13(17)7-10-16(11-8-14(18)9-12-16)21(19,20)15-5-3-2-4-6-15/h2-6,8,11H,7,9-10,12H2,1H3/t16-/m1/s1. The highest BCUT2D eigenvalue weighted by molar-refractivity contribution is 7.93. The van der Waals surface area contributed by atoms with Gasteiger partial charge in [-0.3, -0.25) is 4.79 Å². The first-order valence-electron chi connectivity index (χ1n) is 6.89. The van der Waals surface area contributed by atoms with Crippen LogP contribution in [0.5, 0.6) is 0 Å². The summed E-state index contributed by atoms with van der Waals surface area (Å²) in [7, 11) is -3.63. The molecule has 112 valence electrons. The summed E-state index contributed by atoms with van der Waals surface area (Å²) < 4.78 is 24.8. The van der Waals surface area contributed by atoms with Crippen molar-refractivity contribution >= 4 is 21.4 Å². The van der Waals surface area contributed by atoms with Crippen LogP contribution < -0.4 is 0 Å². The number of carbonyl (C=O) groups is 2. The fourth-order valence-corrected chi connectivity index (χ4v) is 4.51. The quantitative estimate of drug-likeness (QED) is 0.838. The number of hydrogen-bond donors (Lipinski definition) is 0. The SMILES string of the molecule is CC(=O)CC[C@@]1(S(=O)(=O)c2ccccc2)C=CC(=O)CC1. The van der Waals surface area contributed by atoms with Crippen molar-refractivity contribution in [2.24, 2.45) is 0 Å². The molecular weight excluding hydrogens is 288 g/mol. The van der Waals surface area contributed by atoms with Crippen LogP contribution in [-0.2, 0) is 19.4 Å². The third kappa shape index (κ3) is 3.13. The average Bonchev–Trinajstić information content (AvgIpc) is 2.47. The number of sulfone groups is 1. The predicted octanol–water partition coefficient (Wildman–Crippen LogP) is 2.49. The lowest BCUT2D eigenvalue weighted by Gasteiger charge is -2.32. The molecule has 0 fully saturated rings. The van der Waals surface area contributed by atoms with Gasteiger partial charge in [-0.2, -0.15) is 0 Å². The molecule has 0 aromatic heterocycles. The third-order valence-electron chi connectivity index (χ3n) is 3.86. The van der Waals surface area contributed by atoms with Gasteiger partial charge in [-0.1, -0.05) is 24.3 Å². The smallest absolute Gasteiger partial charge is 0.187 e. The fourth-order valence-electron chi connectivity index (χ4n) is 2.53. The molecule has 1 aromatic carbocycles. The monoisotopic (exact) mass is 306 g/mol. The van der Waals surface area contributed by atoms with Gasteiger partial charge in [-0.05, 0) is 38.0 Å². The normalized spacial score (nSPS) is 22.2. The number of allylic oxidation sites excluding steroid dienone is 1. The van der Waals surface area contributed by atoms with Crippen molar-refractivity contribution in [1.29, 1.82) is 0 Å². The Kier molecular flexibility index (Phi) is 4.42. The molecule has 0 saturated carbocycles. The van der Waals surface area contributed by atoms with Crippen molar-refractivity contribution in [2.45, 2.75) is 42.2 Å². The molecule has 0 amide bonds. The van der Waals surface area contributed by atoms with E-state index in [-0.39, 0.29) is 42.1 Å². The first kappa shape index (κ1) is 15.6. The maximum Gasteiger partial charge on any atom is 0.187 e. The number of hydrogen-bond acceptors (Lipinski definition) is 4. The first-order chi connectivity index (χ1) is 9.87. The number of ketones is 2. The largest absolute Gasteiger partial charge is 0.300 e. The van der Waals surface area contributed by atoms with E-state index in [0.29, 0.717) is 0 Å². The zero-order chi connectivity index (χ0) is 15.5. The number of benzene rings is 1. The Balaban J connectivity index is 2.47. The summed E-state index contributed by atoms with van der Waals surface area (Å²) in [6.07, 6.45) is 3.63. The van der Waals surface area contributed by atoms with Gasteiger partial charge in [0.2, 0.25) is 0 Å². The first-order valence-corrected chi connectivity index (χ1v) is 8.37. The molecule has 0 heterocycles. The van der Waals surface area contributed by atoms with Crippen LogP contribution >= 0.6 is 0 Å². The van der Waals surface area contributed by atoms with E-state index < -0.39 is 14.6 Å². The van der Waals surface area contributed by atoms with Crippen LogP contribution in [0.15, 0.2) is 47.4 Å². The zero-order valence-corrected chi connectivity index (χ0v) is 12.7. The minimum Gasteiger partial charge on any atom is -0.300 e. The summed E-state index contributed by atoms with van der Waals surface area (Å²) in [6.45, 7) is 1.44. The summed E-state index contributed by atoms with van der Waals surface area (Å²) in [5.74, 6) is -0.125. The third-order valence-corrected chi connectivity index (χ3v) is 6.36.